The molecule has 114 valence electrons. The van der Waals surface area contributed by atoms with Crippen molar-refractivity contribution in [2.45, 2.75) is 39.3 Å². The Balaban J connectivity index is 2.31. The van der Waals surface area contributed by atoms with Gasteiger partial charge in [0.15, 0.2) is 0 Å². The van der Waals surface area contributed by atoms with Crippen LogP contribution in [0.25, 0.3) is 0 Å². The maximum Gasteiger partial charge on any atom is 0.126 e. The first kappa shape index (κ1) is 15.6. The molecule has 3 N–H and O–H groups in total. The summed E-state index contributed by atoms with van der Waals surface area (Å²) in [6.45, 7) is 4.69. The lowest BCUT2D eigenvalue weighted by Crippen LogP contribution is -2.31. The molecule has 0 saturated carbocycles. The van der Waals surface area contributed by atoms with Crippen molar-refractivity contribution in [2.75, 3.05) is 0 Å². The predicted octanol–water partition coefficient (Wildman–Crippen LogP) is 2.49. The average molecular weight is 294 g/mol. The number of nitrogens with one attached hydrogen (secondary N) is 1. The van der Waals surface area contributed by atoms with Crippen molar-refractivity contribution in [1.82, 2.24) is 15.2 Å². The molecular formula is C15H20F2N4. The number of hydrogen-bond acceptors (Lipinski definition) is 3. The quantitative estimate of drug-likeness (QED) is 0.636. The molecule has 1 heterocycles. The summed E-state index contributed by atoms with van der Waals surface area (Å²) in [7, 11) is 0. The number of hydrogen-bond donors (Lipinski definition) is 2. The van der Waals surface area contributed by atoms with Gasteiger partial charge in [0.1, 0.15) is 11.6 Å². The molecule has 2 aromatic rings. The Labute approximate surface area is 122 Å². The Morgan fingerprint density at radius 2 is 2.05 bits per heavy atom. The second kappa shape index (κ2) is 6.78. The topological polar surface area (TPSA) is 55.9 Å². The fourth-order valence-electron chi connectivity index (χ4n) is 2.36. The second-order valence-corrected chi connectivity index (χ2v) is 4.89. The summed E-state index contributed by atoms with van der Waals surface area (Å²) in [5.41, 5.74) is 4.79. The molecule has 1 aromatic carbocycles. The minimum absolute atomic E-state index is 0.259. The first-order valence-corrected chi connectivity index (χ1v) is 7.05. The third-order valence-corrected chi connectivity index (χ3v) is 3.51. The van der Waals surface area contributed by atoms with E-state index in [0.717, 1.165) is 29.9 Å². The molecule has 1 unspecified atom stereocenters. The molecule has 0 saturated heterocycles. The van der Waals surface area contributed by atoms with E-state index in [2.05, 4.69) is 10.5 Å². The average Bonchev–Trinajstić information content (AvgIpc) is 2.91. The van der Waals surface area contributed by atoms with Gasteiger partial charge in [-0.2, -0.15) is 5.10 Å². The fourth-order valence-corrected chi connectivity index (χ4v) is 2.36. The van der Waals surface area contributed by atoms with Crippen LogP contribution in [0.4, 0.5) is 8.78 Å². The molecule has 1 atom stereocenters. The van der Waals surface area contributed by atoms with Crippen LogP contribution in [-0.2, 0) is 19.4 Å². The summed E-state index contributed by atoms with van der Waals surface area (Å²) in [6, 6.07) is 5.06. The number of aryl methyl sites for hydroxylation is 2. The van der Waals surface area contributed by atoms with E-state index in [0.29, 0.717) is 12.1 Å². The lowest BCUT2D eigenvalue weighted by atomic mass is 10.0. The smallest absolute Gasteiger partial charge is 0.126 e. The van der Waals surface area contributed by atoms with Gasteiger partial charge in [-0.15, -0.1) is 0 Å². The molecule has 0 fully saturated rings. The van der Waals surface area contributed by atoms with Gasteiger partial charge in [0, 0.05) is 6.54 Å². The van der Waals surface area contributed by atoms with Crippen molar-refractivity contribution in [3.63, 3.8) is 0 Å². The summed E-state index contributed by atoms with van der Waals surface area (Å²) in [5, 5.41) is 4.45. The molecule has 6 heteroatoms. The molecule has 4 nitrogen and oxygen atoms in total. The van der Waals surface area contributed by atoms with Gasteiger partial charge >= 0.3 is 0 Å². The number of nitrogens with two attached hydrogens (primary N) is 1. The normalized spacial score (nSPS) is 12.6. The molecule has 0 aliphatic carbocycles. The Hall–Kier alpha value is -1.79. The number of nitrogens with zero attached hydrogens (tertiary/aromatic N) is 2. The molecule has 0 spiro atoms. The highest BCUT2D eigenvalue weighted by molar-refractivity contribution is 5.23. The van der Waals surface area contributed by atoms with Crippen molar-refractivity contribution in [3.8, 4) is 0 Å². The summed E-state index contributed by atoms with van der Waals surface area (Å²) >= 11 is 0. The highest BCUT2D eigenvalue weighted by atomic mass is 19.1. The maximum absolute atomic E-state index is 13.8. The fraction of sp³-hybridized carbons (Fsp3) is 0.400. The minimum atomic E-state index is -0.458. The van der Waals surface area contributed by atoms with E-state index in [1.807, 2.05) is 24.6 Å². The predicted molar refractivity (Wildman–Crippen MR) is 77.4 cm³/mol. The van der Waals surface area contributed by atoms with E-state index >= 15 is 0 Å². The van der Waals surface area contributed by atoms with Crippen LogP contribution in [0.1, 0.15) is 36.8 Å². The van der Waals surface area contributed by atoms with Crippen LogP contribution < -0.4 is 11.3 Å². The maximum atomic E-state index is 13.8. The minimum Gasteiger partial charge on any atom is -0.271 e. The van der Waals surface area contributed by atoms with Gasteiger partial charge in [-0.05, 0) is 49.6 Å². The Morgan fingerprint density at radius 1 is 1.29 bits per heavy atom. The first-order chi connectivity index (χ1) is 10.1. The summed E-state index contributed by atoms with van der Waals surface area (Å²) in [6.07, 6.45) is 1.07. The molecule has 0 aliphatic heterocycles. The Bertz CT molecular complexity index is 610. The second-order valence-electron chi connectivity index (χ2n) is 4.89. The monoisotopic (exact) mass is 294 g/mol. The van der Waals surface area contributed by atoms with Gasteiger partial charge in [0.2, 0.25) is 0 Å². The molecule has 0 bridgehead atoms. The molecule has 21 heavy (non-hydrogen) atoms. The zero-order chi connectivity index (χ0) is 15.4. The van der Waals surface area contributed by atoms with Crippen molar-refractivity contribution in [2.24, 2.45) is 5.84 Å². The first-order valence-electron chi connectivity index (χ1n) is 7.05. The van der Waals surface area contributed by atoms with Crippen molar-refractivity contribution in [1.29, 1.82) is 0 Å². The van der Waals surface area contributed by atoms with E-state index < -0.39 is 11.6 Å². The highest BCUT2D eigenvalue weighted by Crippen LogP contribution is 2.21. The van der Waals surface area contributed by atoms with Gasteiger partial charge < -0.3 is 0 Å². The van der Waals surface area contributed by atoms with Crippen LogP contribution in [-0.4, -0.2) is 9.78 Å². The van der Waals surface area contributed by atoms with Crippen LogP contribution in [0, 0.1) is 11.6 Å². The molecule has 2 rings (SSSR count). The molecule has 0 amide bonds. The van der Waals surface area contributed by atoms with Gasteiger partial charge in [-0.25, -0.2) is 8.78 Å². The summed E-state index contributed by atoms with van der Waals surface area (Å²) in [4.78, 5) is 0. The van der Waals surface area contributed by atoms with E-state index in [4.69, 9.17) is 5.84 Å². The van der Waals surface area contributed by atoms with E-state index in [9.17, 15) is 8.78 Å². The zero-order valence-corrected chi connectivity index (χ0v) is 12.2. The largest absolute Gasteiger partial charge is 0.271 e. The molecule has 0 aliphatic rings. The Morgan fingerprint density at radius 3 is 2.67 bits per heavy atom. The summed E-state index contributed by atoms with van der Waals surface area (Å²) in [5.74, 6) is 4.71. The van der Waals surface area contributed by atoms with Crippen LogP contribution in [0.5, 0.6) is 0 Å². The van der Waals surface area contributed by atoms with E-state index in [1.54, 1.807) is 0 Å². The number of hydrazine groups is 1. The van der Waals surface area contributed by atoms with E-state index in [-0.39, 0.29) is 12.5 Å². The number of halogens is 2. The third-order valence-electron chi connectivity index (χ3n) is 3.51. The van der Waals surface area contributed by atoms with Crippen molar-refractivity contribution in [3.05, 3.63) is 52.9 Å². The van der Waals surface area contributed by atoms with Crippen molar-refractivity contribution >= 4 is 0 Å². The molecule has 1 aromatic heterocycles. The third kappa shape index (κ3) is 3.46. The number of rotatable bonds is 6. The highest BCUT2D eigenvalue weighted by Gasteiger charge is 2.19. The van der Waals surface area contributed by atoms with Crippen LogP contribution in [0.2, 0.25) is 0 Å². The zero-order valence-electron chi connectivity index (χ0n) is 12.2. The van der Waals surface area contributed by atoms with Gasteiger partial charge in [-0.3, -0.25) is 16.0 Å². The van der Waals surface area contributed by atoms with Crippen LogP contribution in [0.3, 0.4) is 0 Å². The summed E-state index contributed by atoms with van der Waals surface area (Å²) < 4.78 is 28.9. The number of aromatic nitrogens is 2. The van der Waals surface area contributed by atoms with Crippen LogP contribution >= 0.6 is 0 Å². The van der Waals surface area contributed by atoms with Crippen molar-refractivity contribution < 1.29 is 8.78 Å². The SMILES string of the molecule is CCc1cc(C(Cc2cc(F)ccc2F)NN)n(CC)n1. The van der Waals surface area contributed by atoms with Gasteiger partial charge in [0.05, 0.1) is 17.4 Å². The molecule has 0 radical (unpaired) electrons. The standard InChI is InChI=1S/C15H20F2N4/c1-3-12-9-15(21(4-2)20-12)14(19-18)8-10-7-11(16)5-6-13(10)17/h5-7,9,14,19H,3-4,8,18H2,1-2H3. The van der Waals surface area contributed by atoms with Gasteiger partial charge in [-0.1, -0.05) is 6.92 Å². The lowest BCUT2D eigenvalue weighted by Gasteiger charge is -2.17. The van der Waals surface area contributed by atoms with Gasteiger partial charge in [0.25, 0.3) is 0 Å². The van der Waals surface area contributed by atoms with Crippen LogP contribution in [0.15, 0.2) is 24.3 Å². The lowest BCUT2D eigenvalue weighted by molar-refractivity contribution is 0.478. The number of benzene rings is 1. The molecular weight excluding hydrogens is 274 g/mol. The van der Waals surface area contributed by atoms with E-state index in [1.165, 1.54) is 6.07 Å². The Kier molecular flexibility index (Phi) is 5.03.